The number of nitrogen functional groups attached to an aromatic ring is 1. The van der Waals surface area contributed by atoms with E-state index in [-0.39, 0.29) is 23.8 Å². The van der Waals surface area contributed by atoms with E-state index in [0.29, 0.717) is 12.2 Å². The van der Waals surface area contributed by atoms with Crippen molar-refractivity contribution in [2.45, 2.75) is 6.54 Å². The third-order valence-corrected chi connectivity index (χ3v) is 2.96. The van der Waals surface area contributed by atoms with Crippen molar-refractivity contribution in [3.63, 3.8) is 0 Å². The van der Waals surface area contributed by atoms with Gasteiger partial charge in [-0.2, -0.15) is 0 Å². The summed E-state index contributed by atoms with van der Waals surface area (Å²) >= 11 is 0. The molecule has 0 fully saturated rings. The third kappa shape index (κ3) is 3.85. The van der Waals surface area contributed by atoms with Gasteiger partial charge in [0, 0.05) is 18.9 Å². The van der Waals surface area contributed by atoms with Gasteiger partial charge in [0.25, 0.3) is 11.5 Å². The molecule has 0 saturated carbocycles. The predicted molar refractivity (Wildman–Crippen MR) is 80.2 cm³/mol. The van der Waals surface area contributed by atoms with Crippen LogP contribution in [-0.4, -0.2) is 24.1 Å². The maximum Gasteiger partial charge on any atom is 0.293 e. The minimum Gasteiger partial charge on any atom is -0.478 e. The maximum absolute atomic E-state index is 12.2. The molecule has 3 N–H and O–H groups in total. The van der Waals surface area contributed by atoms with E-state index >= 15 is 0 Å². The average molecular weight is 287 g/mol. The van der Waals surface area contributed by atoms with Crippen LogP contribution in [0.3, 0.4) is 0 Å². The van der Waals surface area contributed by atoms with Gasteiger partial charge in [0.05, 0.1) is 6.54 Å². The minimum absolute atomic E-state index is 0.150. The van der Waals surface area contributed by atoms with Gasteiger partial charge >= 0.3 is 0 Å². The van der Waals surface area contributed by atoms with Gasteiger partial charge in [-0.1, -0.05) is 12.1 Å². The molecule has 2 aromatic rings. The number of carbonyl (C=O) groups excluding carboxylic acids is 1. The molecule has 0 saturated heterocycles. The Morgan fingerprint density at radius 2 is 2.00 bits per heavy atom. The Labute approximate surface area is 122 Å². The average Bonchev–Trinajstić information content (AvgIpc) is 2.50. The number of ether oxygens (including phenoxy) is 1. The SMILES string of the molecule is CNC(=O)COc1cccn(Cc2ccc(N)cc2)c1=O. The van der Waals surface area contributed by atoms with Crippen LogP contribution < -0.4 is 21.3 Å². The molecule has 2 rings (SSSR count). The fraction of sp³-hybridized carbons (Fsp3) is 0.200. The molecule has 0 spiro atoms. The standard InChI is InChI=1S/C15H17N3O3/c1-17-14(19)10-21-13-3-2-8-18(15(13)20)9-11-4-6-12(16)7-5-11/h2-8H,9-10,16H2,1H3,(H,17,19). The fourth-order valence-corrected chi connectivity index (χ4v) is 1.78. The van der Waals surface area contributed by atoms with E-state index in [2.05, 4.69) is 5.32 Å². The molecule has 0 bridgehead atoms. The van der Waals surface area contributed by atoms with Crippen molar-refractivity contribution in [2.24, 2.45) is 0 Å². The summed E-state index contributed by atoms with van der Waals surface area (Å²) in [5.74, 6) is -0.139. The molecule has 0 aliphatic rings. The summed E-state index contributed by atoms with van der Waals surface area (Å²) in [6, 6.07) is 10.5. The summed E-state index contributed by atoms with van der Waals surface area (Å²) < 4.78 is 6.74. The zero-order chi connectivity index (χ0) is 15.2. The number of likely N-dealkylation sites (N-methyl/N-ethyl adjacent to an activating group) is 1. The van der Waals surface area contributed by atoms with Gasteiger partial charge in [-0.25, -0.2) is 0 Å². The lowest BCUT2D eigenvalue weighted by Crippen LogP contribution is -2.28. The zero-order valence-corrected chi connectivity index (χ0v) is 11.7. The third-order valence-electron chi connectivity index (χ3n) is 2.96. The van der Waals surface area contributed by atoms with Gasteiger partial charge in [0.2, 0.25) is 0 Å². The van der Waals surface area contributed by atoms with Crippen molar-refractivity contribution in [2.75, 3.05) is 19.4 Å². The van der Waals surface area contributed by atoms with Crippen LogP contribution in [0.25, 0.3) is 0 Å². The summed E-state index contributed by atoms with van der Waals surface area (Å²) in [5.41, 5.74) is 6.98. The first-order valence-corrected chi connectivity index (χ1v) is 6.47. The molecule has 1 aromatic carbocycles. The van der Waals surface area contributed by atoms with Crippen LogP contribution in [-0.2, 0) is 11.3 Å². The second-order valence-corrected chi connectivity index (χ2v) is 4.51. The number of nitrogens with two attached hydrogens (primary N) is 1. The highest BCUT2D eigenvalue weighted by atomic mass is 16.5. The molecular formula is C15H17N3O3. The van der Waals surface area contributed by atoms with Crippen LogP contribution >= 0.6 is 0 Å². The number of hydrogen-bond donors (Lipinski definition) is 2. The molecule has 110 valence electrons. The quantitative estimate of drug-likeness (QED) is 0.789. The van der Waals surface area contributed by atoms with Gasteiger partial charge in [0.1, 0.15) is 0 Å². The fourth-order valence-electron chi connectivity index (χ4n) is 1.78. The summed E-state index contributed by atoms with van der Waals surface area (Å²) in [6.45, 7) is 0.230. The van der Waals surface area contributed by atoms with Crippen molar-refractivity contribution in [1.29, 1.82) is 0 Å². The summed E-state index contributed by atoms with van der Waals surface area (Å²) in [6.07, 6.45) is 1.67. The molecule has 6 nitrogen and oxygen atoms in total. The monoisotopic (exact) mass is 287 g/mol. The number of hydrogen-bond acceptors (Lipinski definition) is 4. The Morgan fingerprint density at radius 1 is 1.29 bits per heavy atom. The number of nitrogens with one attached hydrogen (secondary N) is 1. The Kier molecular flexibility index (Phi) is 4.61. The highest BCUT2D eigenvalue weighted by Gasteiger charge is 2.07. The molecule has 1 amide bonds. The summed E-state index contributed by atoms with van der Waals surface area (Å²) in [5, 5.41) is 2.43. The van der Waals surface area contributed by atoms with Crippen molar-refractivity contribution < 1.29 is 9.53 Å². The van der Waals surface area contributed by atoms with Gasteiger partial charge in [-0.05, 0) is 29.8 Å². The van der Waals surface area contributed by atoms with Crippen LogP contribution in [0.15, 0.2) is 47.4 Å². The topological polar surface area (TPSA) is 86.3 Å². The Bertz CT molecular complexity index is 677. The first-order chi connectivity index (χ1) is 10.1. The molecule has 1 aromatic heterocycles. The maximum atomic E-state index is 12.2. The van der Waals surface area contributed by atoms with Crippen molar-refractivity contribution in [3.8, 4) is 5.75 Å². The van der Waals surface area contributed by atoms with Gasteiger partial charge < -0.3 is 20.4 Å². The number of benzene rings is 1. The normalized spacial score (nSPS) is 10.1. The van der Waals surface area contributed by atoms with E-state index in [1.54, 1.807) is 30.5 Å². The number of rotatable bonds is 5. The van der Waals surface area contributed by atoms with Crippen LogP contribution in [0.5, 0.6) is 5.75 Å². The summed E-state index contributed by atoms with van der Waals surface area (Å²) in [4.78, 5) is 23.4. The molecule has 0 aliphatic carbocycles. The van der Waals surface area contributed by atoms with Crippen LogP contribution in [0, 0.1) is 0 Å². The highest BCUT2D eigenvalue weighted by Crippen LogP contribution is 2.08. The lowest BCUT2D eigenvalue weighted by atomic mass is 10.2. The van der Waals surface area contributed by atoms with E-state index in [4.69, 9.17) is 10.5 Å². The molecule has 0 radical (unpaired) electrons. The highest BCUT2D eigenvalue weighted by molar-refractivity contribution is 5.77. The van der Waals surface area contributed by atoms with Gasteiger partial charge in [0.15, 0.2) is 12.4 Å². The number of pyridine rings is 1. The van der Waals surface area contributed by atoms with E-state index < -0.39 is 0 Å². The lowest BCUT2D eigenvalue weighted by Gasteiger charge is -2.09. The van der Waals surface area contributed by atoms with Crippen LogP contribution in [0.1, 0.15) is 5.56 Å². The number of carbonyl (C=O) groups is 1. The smallest absolute Gasteiger partial charge is 0.293 e. The zero-order valence-electron chi connectivity index (χ0n) is 11.7. The second kappa shape index (κ2) is 6.60. The number of aromatic nitrogens is 1. The minimum atomic E-state index is -0.289. The van der Waals surface area contributed by atoms with Crippen LogP contribution in [0.2, 0.25) is 0 Å². The predicted octanol–water partition coefficient (Wildman–Crippen LogP) is 0.604. The Morgan fingerprint density at radius 3 is 2.67 bits per heavy atom. The summed E-state index contributed by atoms with van der Waals surface area (Å²) in [7, 11) is 1.51. The Hall–Kier alpha value is -2.76. The first-order valence-electron chi connectivity index (χ1n) is 6.47. The number of anilines is 1. The van der Waals surface area contributed by atoms with Crippen molar-refractivity contribution in [1.82, 2.24) is 9.88 Å². The molecule has 0 atom stereocenters. The molecule has 0 aliphatic heterocycles. The molecule has 6 heteroatoms. The van der Waals surface area contributed by atoms with Gasteiger partial charge in [-0.3, -0.25) is 9.59 Å². The number of amides is 1. The molecule has 0 unspecified atom stereocenters. The first kappa shape index (κ1) is 14.6. The van der Waals surface area contributed by atoms with E-state index in [1.807, 2.05) is 12.1 Å². The van der Waals surface area contributed by atoms with E-state index in [0.717, 1.165) is 5.56 Å². The van der Waals surface area contributed by atoms with E-state index in [9.17, 15) is 9.59 Å². The Balaban J connectivity index is 2.15. The van der Waals surface area contributed by atoms with E-state index in [1.165, 1.54) is 11.6 Å². The number of nitrogens with zero attached hydrogens (tertiary/aromatic N) is 1. The lowest BCUT2D eigenvalue weighted by molar-refractivity contribution is -0.122. The van der Waals surface area contributed by atoms with Gasteiger partial charge in [-0.15, -0.1) is 0 Å². The molecular weight excluding hydrogens is 270 g/mol. The molecule has 21 heavy (non-hydrogen) atoms. The largest absolute Gasteiger partial charge is 0.478 e. The second-order valence-electron chi connectivity index (χ2n) is 4.51. The van der Waals surface area contributed by atoms with Crippen molar-refractivity contribution in [3.05, 3.63) is 58.5 Å². The molecule has 1 heterocycles. The van der Waals surface area contributed by atoms with Crippen molar-refractivity contribution >= 4 is 11.6 Å². The van der Waals surface area contributed by atoms with Crippen LogP contribution in [0.4, 0.5) is 5.69 Å².